The van der Waals surface area contributed by atoms with Gasteiger partial charge in [0.15, 0.2) is 5.69 Å². The molecule has 0 saturated carbocycles. The molecule has 1 aromatic heterocycles. The number of carboxylic acid groups (broad SMARTS) is 1. The smallest absolute Gasteiger partial charge is 0.358 e. The summed E-state index contributed by atoms with van der Waals surface area (Å²) in [7, 11) is 0. The highest BCUT2D eigenvalue weighted by molar-refractivity contribution is 5.84. The van der Waals surface area contributed by atoms with E-state index in [1.165, 1.54) is 6.20 Å². The van der Waals surface area contributed by atoms with Gasteiger partial charge >= 0.3 is 5.97 Å². The summed E-state index contributed by atoms with van der Waals surface area (Å²) >= 11 is 0. The van der Waals surface area contributed by atoms with Crippen LogP contribution in [0.4, 0.5) is 0 Å². The highest BCUT2D eigenvalue weighted by atomic mass is 16.4. The first-order chi connectivity index (χ1) is 6.75. The number of aromatic nitrogens is 3. The van der Waals surface area contributed by atoms with Crippen molar-refractivity contribution < 1.29 is 9.90 Å². The van der Waals surface area contributed by atoms with E-state index >= 15 is 0 Å². The topological polar surface area (TPSA) is 80.0 Å². The van der Waals surface area contributed by atoms with Crippen molar-refractivity contribution in [2.75, 3.05) is 13.1 Å². The molecule has 1 atom stereocenters. The lowest BCUT2D eigenvalue weighted by molar-refractivity contribution is 0.0690. The van der Waals surface area contributed by atoms with Gasteiger partial charge in [-0.1, -0.05) is 5.21 Å². The molecule has 76 valence electrons. The van der Waals surface area contributed by atoms with Gasteiger partial charge in [-0.25, -0.2) is 4.79 Å². The van der Waals surface area contributed by atoms with Crippen LogP contribution in [0.5, 0.6) is 0 Å². The summed E-state index contributed by atoms with van der Waals surface area (Å²) in [6, 6.07) is 0. The zero-order valence-electron chi connectivity index (χ0n) is 7.68. The van der Waals surface area contributed by atoms with Crippen LogP contribution in [0.1, 0.15) is 16.9 Å². The number of hydrogen-bond acceptors (Lipinski definition) is 4. The number of hydrogen-bond donors (Lipinski definition) is 2. The van der Waals surface area contributed by atoms with Gasteiger partial charge in [0.2, 0.25) is 0 Å². The lowest BCUT2D eigenvalue weighted by Gasteiger charge is -2.05. The fraction of sp³-hybridized carbons (Fsp3) is 0.625. The van der Waals surface area contributed by atoms with Gasteiger partial charge in [-0.3, -0.25) is 4.68 Å². The number of nitrogens with zero attached hydrogens (tertiary/aromatic N) is 3. The molecule has 1 saturated heterocycles. The second-order valence-corrected chi connectivity index (χ2v) is 3.49. The molecule has 14 heavy (non-hydrogen) atoms. The predicted molar refractivity (Wildman–Crippen MR) is 48.0 cm³/mol. The minimum atomic E-state index is -1.03. The molecule has 0 amide bonds. The summed E-state index contributed by atoms with van der Waals surface area (Å²) in [5.41, 5.74) is 0.0101. The van der Waals surface area contributed by atoms with Crippen molar-refractivity contribution in [2.45, 2.75) is 13.0 Å². The molecular formula is C8H12N4O2. The molecule has 2 N–H and O–H groups in total. The van der Waals surface area contributed by atoms with Crippen LogP contribution in [0.15, 0.2) is 6.20 Å². The summed E-state index contributed by atoms with van der Waals surface area (Å²) in [5, 5.41) is 19.2. The van der Waals surface area contributed by atoms with E-state index in [4.69, 9.17) is 5.11 Å². The largest absolute Gasteiger partial charge is 0.476 e. The first-order valence-electron chi connectivity index (χ1n) is 4.60. The minimum absolute atomic E-state index is 0.0101. The summed E-state index contributed by atoms with van der Waals surface area (Å²) in [6.07, 6.45) is 2.59. The number of nitrogens with one attached hydrogen (secondary N) is 1. The molecule has 0 aliphatic carbocycles. The molecule has 1 aliphatic heterocycles. The van der Waals surface area contributed by atoms with E-state index in [2.05, 4.69) is 15.6 Å². The van der Waals surface area contributed by atoms with E-state index in [0.717, 1.165) is 26.1 Å². The van der Waals surface area contributed by atoms with Crippen molar-refractivity contribution in [3.05, 3.63) is 11.9 Å². The Labute approximate surface area is 80.9 Å². The lowest BCUT2D eigenvalue weighted by Crippen LogP contribution is -2.14. The van der Waals surface area contributed by atoms with Crippen molar-refractivity contribution in [3.63, 3.8) is 0 Å². The highest BCUT2D eigenvalue weighted by Crippen LogP contribution is 2.09. The van der Waals surface area contributed by atoms with Crippen LogP contribution >= 0.6 is 0 Å². The third-order valence-corrected chi connectivity index (χ3v) is 2.37. The summed E-state index contributed by atoms with van der Waals surface area (Å²) in [6.45, 7) is 2.75. The van der Waals surface area contributed by atoms with E-state index in [0.29, 0.717) is 5.92 Å². The Balaban J connectivity index is 1.98. The fourth-order valence-electron chi connectivity index (χ4n) is 1.62. The molecule has 0 aromatic carbocycles. The molecule has 0 bridgehead atoms. The van der Waals surface area contributed by atoms with Gasteiger partial charge in [-0.15, -0.1) is 5.10 Å². The standard InChI is InChI=1S/C8H12N4O2/c13-8(14)7-5-12(11-10-7)4-6-1-2-9-3-6/h5-6,9H,1-4H2,(H,13,14)/t6-/m0/s1. The van der Waals surface area contributed by atoms with Crippen LogP contribution < -0.4 is 5.32 Å². The Kier molecular flexibility index (Phi) is 2.45. The van der Waals surface area contributed by atoms with E-state index < -0.39 is 5.97 Å². The molecule has 6 heteroatoms. The van der Waals surface area contributed by atoms with Gasteiger partial charge in [0, 0.05) is 6.54 Å². The van der Waals surface area contributed by atoms with E-state index in [1.807, 2.05) is 0 Å². The average Bonchev–Trinajstić information content (AvgIpc) is 2.75. The molecule has 2 rings (SSSR count). The summed E-state index contributed by atoms with van der Waals surface area (Å²) < 4.78 is 1.60. The molecular weight excluding hydrogens is 184 g/mol. The average molecular weight is 196 g/mol. The van der Waals surface area contributed by atoms with Gasteiger partial charge < -0.3 is 10.4 Å². The van der Waals surface area contributed by atoms with Crippen molar-refractivity contribution in [2.24, 2.45) is 5.92 Å². The number of rotatable bonds is 3. The predicted octanol–water partition coefficient (Wildman–Crippen LogP) is -0.414. The number of carboxylic acids is 1. The lowest BCUT2D eigenvalue weighted by atomic mass is 10.1. The molecule has 2 heterocycles. The van der Waals surface area contributed by atoms with Crippen LogP contribution in [-0.2, 0) is 6.54 Å². The Morgan fingerprint density at radius 3 is 3.21 bits per heavy atom. The maximum absolute atomic E-state index is 10.5. The summed E-state index contributed by atoms with van der Waals surface area (Å²) in [5.74, 6) is -0.487. The third-order valence-electron chi connectivity index (χ3n) is 2.37. The number of aromatic carboxylic acids is 1. The monoisotopic (exact) mass is 196 g/mol. The van der Waals surface area contributed by atoms with Crippen molar-refractivity contribution in [1.29, 1.82) is 0 Å². The second kappa shape index (κ2) is 3.75. The second-order valence-electron chi connectivity index (χ2n) is 3.49. The third kappa shape index (κ3) is 1.90. The Morgan fingerprint density at radius 2 is 2.64 bits per heavy atom. The normalized spacial score (nSPS) is 21.3. The first-order valence-corrected chi connectivity index (χ1v) is 4.60. The zero-order valence-corrected chi connectivity index (χ0v) is 7.68. The maximum atomic E-state index is 10.5. The van der Waals surface area contributed by atoms with Crippen LogP contribution in [0.2, 0.25) is 0 Å². The fourth-order valence-corrected chi connectivity index (χ4v) is 1.62. The van der Waals surface area contributed by atoms with Gasteiger partial charge in [0.05, 0.1) is 6.20 Å². The van der Waals surface area contributed by atoms with Gasteiger partial charge in [0.25, 0.3) is 0 Å². The zero-order chi connectivity index (χ0) is 9.97. The van der Waals surface area contributed by atoms with Crippen LogP contribution in [-0.4, -0.2) is 39.2 Å². The van der Waals surface area contributed by atoms with Gasteiger partial charge in [0.1, 0.15) is 0 Å². The number of carbonyl (C=O) groups is 1. The van der Waals surface area contributed by atoms with Crippen LogP contribution in [0.3, 0.4) is 0 Å². The van der Waals surface area contributed by atoms with Gasteiger partial charge in [-0.2, -0.15) is 0 Å². The maximum Gasteiger partial charge on any atom is 0.358 e. The Morgan fingerprint density at radius 1 is 1.79 bits per heavy atom. The molecule has 6 nitrogen and oxygen atoms in total. The van der Waals surface area contributed by atoms with E-state index in [-0.39, 0.29) is 5.69 Å². The molecule has 1 aliphatic rings. The Hall–Kier alpha value is -1.43. The van der Waals surface area contributed by atoms with Crippen LogP contribution in [0.25, 0.3) is 0 Å². The Bertz CT molecular complexity index is 330. The molecule has 0 radical (unpaired) electrons. The molecule has 0 unspecified atom stereocenters. The van der Waals surface area contributed by atoms with Gasteiger partial charge in [-0.05, 0) is 25.4 Å². The highest BCUT2D eigenvalue weighted by Gasteiger charge is 2.16. The molecule has 1 fully saturated rings. The van der Waals surface area contributed by atoms with Crippen molar-refractivity contribution >= 4 is 5.97 Å². The van der Waals surface area contributed by atoms with Crippen molar-refractivity contribution in [3.8, 4) is 0 Å². The molecule has 1 aromatic rings. The minimum Gasteiger partial charge on any atom is -0.476 e. The molecule has 0 spiro atoms. The quantitative estimate of drug-likeness (QED) is 0.686. The summed E-state index contributed by atoms with van der Waals surface area (Å²) in [4.78, 5) is 10.5. The van der Waals surface area contributed by atoms with E-state index in [9.17, 15) is 4.79 Å². The first kappa shape index (κ1) is 9.14. The van der Waals surface area contributed by atoms with Crippen LogP contribution in [0, 0.1) is 5.92 Å². The SMILES string of the molecule is O=C(O)c1cn(C[C@H]2CCNC2)nn1. The van der Waals surface area contributed by atoms with Crippen molar-refractivity contribution in [1.82, 2.24) is 20.3 Å². The van der Waals surface area contributed by atoms with E-state index in [1.54, 1.807) is 4.68 Å².